The van der Waals surface area contributed by atoms with E-state index < -0.39 is 0 Å². The fraction of sp³-hybridized carbons (Fsp3) is 0.536. The molecule has 5 rings (SSSR count). The van der Waals surface area contributed by atoms with Crippen molar-refractivity contribution in [1.82, 2.24) is 14.7 Å². The Morgan fingerprint density at radius 2 is 1.53 bits per heavy atom. The highest BCUT2D eigenvalue weighted by molar-refractivity contribution is 5.78. The lowest BCUT2D eigenvalue weighted by atomic mass is 9.68. The third kappa shape index (κ3) is 3.73. The van der Waals surface area contributed by atoms with Crippen LogP contribution in [0.15, 0.2) is 60.7 Å². The Bertz CT molecular complexity index is 914. The van der Waals surface area contributed by atoms with Crippen molar-refractivity contribution in [1.29, 1.82) is 0 Å². The summed E-state index contributed by atoms with van der Waals surface area (Å²) in [5.41, 5.74) is 2.68. The summed E-state index contributed by atoms with van der Waals surface area (Å²) in [5.74, 6) is 0.696. The molecule has 0 bridgehead atoms. The van der Waals surface area contributed by atoms with E-state index in [0.717, 1.165) is 45.3 Å². The molecule has 2 aliphatic carbocycles. The van der Waals surface area contributed by atoms with Gasteiger partial charge in [-0.1, -0.05) is 67.1 Å². The van der Waals surface area contributed by atoms with Crippen molar-refractivity contribution in [3.05, 3.63) is 71.8 Å². The second-order valence-electron chi connectivity index (χ2n) is 10.5. The third-order valence-electron chi connectivity index (χ3n) is 8.62. The first-order valence-corrected chi connectivity index (χ1v) is 12.4. The van der Waals surface area contributed by atoms with Crippen LogP contribution in [0.5, 0.6) is 0 Å². The summed E-state index contributed by atoms with van der Waals surface area (Å²) in [5, 5.41) is 0. The Labute approximate surface area is 193 Å². The van der Waals surface area contributed by atoms with Gasteiger partial charge in [0.25, 0.3) is 0 Å². The van der Waals surface area contributed by atoms with E-state index in [0.29, 0.717) is 5.92 Å². The summed E-state index contributed by atoms with van der Waals surface area (Å²) in [4.78, 5) is 20.5. The Balaban J connectivity index is 1.40. The van der Waals surface area contributed by atoms with Crippen LogP contribution in [0.25, 0.3) is 0 Å². The fourth-order valence-electron chi connectivity index (χ4n) is 6.31. The minimum Gasteiger partial charge on any atom is -0.318 e. The minimum absolute atomic E-state index is 0.0181. The van der Waals surface area contributed by atoms with Crippen LogP contribution in [0.3, 0.4) is 0 Å². The Kier molecular flexibility index (Phi) is 5.75. The van der Waals surface area contributed by atoms with Gasteiger partial charge in [0, 0.05) is 25.2 Å². The molecule has 0 radical (unpaired) electrons. The number of urea groups is 1. The van der Waals surface area contributed by atoms with E-state index in [1.807, 2.05) is 6.07 Å². The van der Waals surface area contributed by atoms with Crippen molar-refractivity contribution in [2.45, 2.75) is 62.6 Å². The van der Waals surface area contributed by atoms with Gasteiger partial charge in [-0.15, -0.1) is 0 Å². The van der Waals surface area contributed by atoms with Gasteiger partial charge >= 0.3 is 6.03 Å². The quantitative estimate of drug-likeness (QED) is 0.604. The molecule has 3 aliphatic rings. The van der Waals surface area contributed by atoms with Crippen molar-refractivity contribution in [3.8, 4) is 0 Å². The number of carbonyl (C=O) groups is 1. The Hall–Kier alpha value is -2.33. The van der Waals surface area contributed by atoms with Crippen LogP contribution in [0.4, 0.5) is 4.79 Å². The molecule has 0 unspecified atom stereocenters. The van der Waals surface area contributed by atoms with Gasteiger partial charge in [0.1, 0.15) is 0 Å². The minimum atomic E-state index is -0.0181. The van der Waals surface area contributed by atoms with Gasteiger partial charge in [0.05, 0.1) is 5.54 Å². The average molecular weight is 432 g/mol. The van der Waals surface area contributed by atoms with Crippen LogP contribution in [0, 0.1) is 5.92 Å². The smallest absolute Gasteiger partial charge is 0.318 e. The molecule has 0 atom stereocenters. The highest BCUT2D eigenvalue weighted by Crippen LogP contribution is 2.49. The van der Waals surface area contributed by atoms with E-state index in [2.05, 4.69) is 83.4 Å². The van der Waals surface area contributed by atoms with Crippen LogP contribution in [-0.2, 0) is 12.1 Å². The number of hydrogen-bond donors (Lipinski definition) is 0. The second kappa shape index (κ2) is 8.55. The summed E-state index contributed by atoms with van der Waals surface area (Å²) in [7, 11) is 4.44. The zero-order valence-electron chi connectivity index (χ0n) is 19.7. The summed E-state index contributed by atoms with van der Waals surface area (Å²) in [6.07, 6.45) is 8.22. The highest BCUT2D eigenvalue weighted by atomic mass is 16.2. The Morgan fingerprint density at radius 3 is 2.09 bits per heavy atom. The standard InChI is InChI=1S/C28H37N3O/c1-29(2)28(25-14-7-4-8-15-25)18-16-27(17-19-28)22-30(20-23-10-5-3-6-11-23)26(32)31(27)21-24-12-9-13-24/h3-8,10-11,14-15,24H,9,12-13,16-22H2,1-2H3/t27-,28+. The lowest BCUT2D eigenvalue weighted by Crippen LogP contribution is -2.56. The van der Waals surface area contributed by atoms with Gasteiger partial charge in [0.2, 0.25) is 0 Å². The molecular weight excluding hydrogens is 394 g/mol. The van der Waals surface area contributed by atoms with Gasteiger partial charge in [-0.05, 0) is 69.7 Å². The van der Waals surface area contributed by atoms with E-state index in [1.165, 1.54) is 30.4 Å². The molecule has 4 nitrogen and oxygen atoms in total. The molecule has 0 aromatic heterocycles. The molecule has 1 heterocycles. The molecule has 3 fully saturated rings. The molecule has 2 aromatic rings. The topological polar surface area (TPSA) is 26.8 Å². The van der Waals surface area contributed by atoms with Crippen molar-refractivity contribution in [3.63, 3.8) is 0 Å². The average Bonchev–Trinajstić information content (AvgIpc) is 3.03. The molecule has 1 spiro atoms. The zero-order chi connectivity index (χ0) is 22.2. The molecule has 170 valence electrons. The Morgan fingerprint density at radius 1 is 0.906 bits per heavy atom. The largest absolute Gasteiger partial charge is 0.320 e. The molecule has 2 amide bonds. The molecule has 2 aromatic carbocycles. The predicted molar refractivity (Wildman–Crippen MR) is 129 cm³/mol. The van der Waals surface area contributed by atoms with Crippen LogP contribution >= 0.6 is 0 Å². The predicted octanol–water partition coefficient (Wildman–Crippen LogP) is 5.49. The van der Waals surface area contributed by atoms with Gasteiger partial charge in [-0.2, -0.15) is 0 Å². The summed E-state index contributed by atoms with van der Waals surface area (Å²) < 4.78 is 0. The maximum absolute atomic E-state index is 13.7. The number of hydrogen-bond acceptors (Lipinski definition) is 2. The maximum Gasteiger partial charge on any atom is 0.320 e. The number of carbonyl (C=O) groups excluding carboxylic acids is 1. The monoisotopic (exact) mass is 431 g/mol. The zero-order valence-corrected chi connectivity index (χ0v) is 19.7. The molecule has 1 saturated heterocycles. The highest BCUT2D eigenvalue weighted by Gasteiger charge is 2.54. The molecule has 0 N–H and O–H groups in total. The van der Waals surface area contributed by atoms with Crippen LogP contribution in [0.1, 0.15) is 56.1 Å². The number of rotatable bonds is 6. The third-order valence-corrected chi connectivity index (χ3v) is 8.62. The molecule has 2 saturated carbocycles. The van der Waals surface area contributed by atoms with Gasteiger partial charge < -0.3 is 9.80 Å². The first-order chi connectivity index (χ1) is 15.5. The van der Waals surface area contributed by atoms with E-state index in [-0.39, 0.29) is 17.1 Å². The van der Waals surface area contributed by atoms with Gasteiger partial charge in [-0.25, -0.2) is 4.79 Å². The van der Waals surface area contributed by atoms with E-state index in [9.17, 15) is 4.79 Å². The second-order valence-corrected chi connectivity index (χ2v) is 10.5. The lowest BCUT2D eigenvalue weighted by Gasteiger charge is -2.51. The van der Waals surface area contributed by atoms with Crippen molar-refractivity contribution in [2.24, 2.45) is 5.92 Å². The first kappa shape index (κ1) is 21.5. The molecular formula is C28H37N3O. The van der Waals surface area contributed by atoms with E-state index in [1.54, 1.807) is 0 Å². The summed E-state index contributed by atoms with van der Waals surface area (Å²) >= 11 is 0. The summed E-state index contributed by atoms with van der Waals surface area (Å²) in [6, 6.07) is 21.7. The van der Waals surface area contributed by atoms with Crippen molar-refractivity contribution >= 4 is 6.03 Å². The number of nitrogens with zero attached hydrogens (tertiary/aromatic N) is 3. The molecule has 4 heteroatoms. The lowest BCUT2D eigenvalue weighted by molar-refractivity contribution is 0.0159. The van der Waals surface area contributed by atoms with E-state index in [4.69, 9.17) is 0 Å². The number of amides is 2. The van der Waals surface area contributed by atoms with Crippen LogP contribution < -0.4 is 0 Å². The van der Waals surface area contributed by atoms with Crippen LogP contribution in [-0.4, -0.2) is 53.5 Å². The maximum atomic E-state index is 13.7. The molecule has 1 aliphatic heterocycles. The van der Waals surface area contributed by atoms with Crippen molar-refractivity contribution in [2.75, 3.05) is 27.2 Å². The normalized spacial score (nSPS) is 28.5. The van der Waals surface area contributed by atoms with E-state index >= 15 is 0 Å². The fourth-order valence-corrected chi connectivity index (χ4v) is 6.31. The van der Waals surface area contributed by atoms with Crippen LogP contribution in [0.2, 0.25) is 0 Å². The van der Waals surface area contributed by atoms with Gasteiger partial charge in [-0.3, -0.25) is 4.90 Å². The summed E-state index contributed by atoms with van der Waals surface area (Å²) in [6.45, 7) is 2.54. The number of benzene rings is 2. The van der Waals surface area contributed by atoms with Gasteiger partial charge in [0.15, 0.2) is 0 Å². The SMILES string of the molecule is CN(C)[C@]1(c2ccccc2)CC[C@]2(CC1)CN(Cc1ccccc1)C(=O)N2CC1CCC1. The van der Waals surface area contributed by atoms with Crippen molar-refractivity contribution < 1.29 is 4.79 Å². The first-order valence-electron chi connectivity index (χ1n) is 12.4. The molecule has 32 heavy (non-hydrogen) atoms.